The van der Waals surface area contributed by atoms with Crippen LogP contribution in [0.15, 0.2) is 58.2 Å². The van der Waals surface area contributed by atoms with Gasteiger partial charge in [-0.25, -0.2) is 0 Å². The Bertz CT molecular complexity index is 1210. The number of aromatic amines is 1. The van der Waals surface area contributed by atoms with Gasteiger partial charge in [-0.2, -0.15) is 0 Å². The summed E-state index contributed by atoms with van der Waals surface area (Å²) in [7, 11) is 0. The molecule has 186 valence electrons. The SMILES string of the molecule is CC(C)(C)Sc1cccc(N2CCN(CCCCOc3ccc4ccc(=O)[nH]c4c3)CC2)c1C=O. The van der Waals surface area contributed by atoms with E-state index in [1.807, 2.05) is 24.3 Å². The zero-order valence-corrected chi connectivity index (χ0v) is 21.7. The van der Waals surface area contributed by atoms with Crippen LogP contribution in [0.25, 0.3) is 10.9 Å². The predicted octanol–water partition coefficient (Wildman–Crippen LogP) is 5.21. The van der Waals surface area contributed by atoms with E-state index in [1.54, 1.807) is 11.8 Å². The summed E-state index contributed by atoms with van der Waals surface area (Å²) in [5.74, 6) is 0.783. The number of nitrogens with zero attached hydrogens (tertiary/aromatic N) is 2. The van der Waals surface area contributed by atoms with Crippen molar-refractivity contribution in [3.63, 3.8) is 0 Å². The Kier molecular flexibility index (Phi) is 8.19. The van der Waals surface area contributed by atoms with Crippen LogP contribution in [-0.2, 0) is 0 Å². The van der Waals surface area contributed by atoms with Crippen LogP contribution in [0.4, 0.5) is 5.69 Å². The molecule has 1 aromatic heterocycles. The van der Waals surface area contributed by atoms with Crippen molar-refractivity contribution in [1.29, 1.82) is 0 Å². The predicted molar refractivity (Wildman–Crippen MR) is 145 cm³/mol. The van der Waals surface area contributed by atoms with Gasteiger partial charge in [-0.15, -0.1) is 11.8 Å². The Hall–Kier alpha value is -2.77. The normalized spacial score (nSPS) is 14.9. The molecule has 0 aliphatic carbocycles. The zero-order chi connectivity index (χ0) is 24.8. The van der Waals surface area contributed by atoms with Crippen molar-refractivity contribution < 1.29 is 9.53 Å². The molecule has 0 amide bonds. The van der Waals surface area contributed by atoms with Crippen LogP contribution in [0.2, 0.25) is 0 Å². The summed E-state index contributed by atoms with van der Waals surface area (Å²) in [5.41, 5.74) is 2.57. The van der Waals surface area contributed by atoms with Crippen molar-refractivity contribution in [2.45, 2.75) is 43.3 Å². The van der Waals surface area contributed by atoms with E-state index in [9.17, 15) is 9.59 Å². The number of ether oxygens (including phenoxy) is 1. The number of carbonyl (C=O) groups is 1. The highest BCUT2D eigenvalue weighted by Gasteiger charge is 2.22. The van der Waals surface area contributed by atoms with Crippen LogP contribution in [0.3, 0.4) is 0 Å². The van der Waals surface area contributed by atoms with Crippen molar-refractivity contribution in [3.8, 4) is 5.75 Å². The molecule has 35 heavy (non-hydrogen) atoms. The fourth-order valence-electron chi connectivity index (χ4n) is 4.40. The molecule has 0 unspecified atom stereocenters. The van der Waals surface area contributed by atoms with Gasteiger partial charge in [0.1, 0.15) is 5.75 Å². The largest absolute Gasteiger partial charge is 0.494 e. The van der Waals surface area contributed by atoms with E-state index < -0.39 is 0 Å². The summed E-state index contributed by atoms with van der Waals surface area (Å²) in [5, 5.41) is 0.996. The average molecular weight is 494 g/mol. The van der Waals surface area contributed by atoms with E-state index in [4.69, 9.17) is 4.74 Å². The molecular weight excluding hydrogens is 458 g/mol. The highest BCUT2D eigenvalue weighted by Crippen LogP contribution is 2.37. The Morgan fingerprint density at radius 2 is 1.80 bits per heavy atom. The number of anilines is 1. The topological polar surface area (TPSA) is 65.6 Å². The number of piperazine rings is 1. The summed E-state index contributed by atoms with van der Waals surface area (Å²) in [6, 6.07) is 15.3. The highest BCUT2D eigenvalue weighted by atomic mass is 32.2. The number of hydrogen-bond donors (Lipinski definition) is 1. The minimum absolute atomic E-state index is 0.0615. The third kappa shape index (κ3) is 6.89. The number of nitrogens with one attached hydrogen (secondary N) is 1. The number of benzene rings is 2. The quantitative estimate of drug-likeness (QED) is 0.251. The number of unbranched alkanes of at least 4 members (excludes halogenated alkanes) is 1. The van der Waals surface area contributed by atoms with Gasteiger partial charge in [-0.05, 0) is 55.1 Å². The van der Waals surface area contributed by atoms with Gasteiger partial charge in [-0.3, -0.25) is 14.5 Å². The molecule has 4 rings (SSSR count). The molecule has 6 nitrogen and oxygen atoms in total. The van der Waals surface area contributed by atoms with Gasteiger partial charge in [0, 0.05) is 53.6 Å². The molecule has 2 heterocycles. The van der Waals surface area contributed by atoms with Gasteiger partial charge < -0.3 is 14.6 Å². The lowest BCUT2D eigenvalue weighted by Gasteiger charge is -2.37. The summed E-state index contributed by atoms with van der Waals surface area (Å²) in [6.45, 7) is 12.1. The molecule has 3 aromatic rings. The van der Waals surface area contributed by atoms with Crippen molar-refractivity contribution in [1.82, 2.24) is 9.88 Å². The molecule has 1 aliphatic rings. The first-order chi connectivity index (χ1) is 16.8. The number of aldehydes is 1. The van der Waals surface area contributed by atoms with Crippen molar-refractivity contribution in [2.24, 2.45) is 0 Å². The van der Waals surface area contributed by atoms with Gasteiger partial charge >= 0.3 is 0 Å². The van der Waals surface area contributed by atoms with Crippen molar-refractivity contribution >= 4 is 34.6 Å². The number of H-pyrrole nitrogens is 1. The molecule has 1 fully saturated rings. The lowest BCUT2D eigenvalue weighted by atomic mass is 10.1. The fraction of sp³-hybridized carbons (Fsp3) is 0.429. The van der Waals surface area contributed by atoms with E-state index in [1.165, 1.54) is 6.07 Å². The van der Waals surface area contributed by atoms with E-state index in [0.29, 0.717) is 6.61 Å². The molecule has 7 heteroatoms. The summed E-state index contributed by atoms with van der Waals surface area (Å²) >= 11 is 1.75. The first kappa shape index (κ1) is 25.3. The van der Waals surface area contributed by atoms with Gasteiger partial charge in [0.25, 0.3) is 0 Å². The highest BCUT2D eigenvalue weighted by molar-refractivity contribution is 8.00. The van der Waals surface area contributed by atoms with Crippen LogP contribution >= 0.6 is 11.8 Å². The van der Waals surface area contributed by atoms with E-state index in [2.05, 4.69) is 53.8 Å². The van der Waals surface area contributed by atoms with Crippen molar-refractivity contribution in [2.75, 3.05) is 44.2 Å². The van der Waals surface area contributed by atoms with Crippen LogP contribution in [-0.4, -0.2) is 60.2 Å². The molecule has 1 N–H and O–H groups in total. The van der Waals surface area contributed by atoms with Crippen LogP contribution in [0, 0.1) is 0 Å². The van der Waals surface area contributed by atoms with E-state index >= 15 is 0 Å². The maximum absolute atomic E-state index is 11.9. The summed E-state index contributed by atoms with van der Waals surface area (Å²) < 4.78 is 5.97. The van der Waals surface area contributed by atoms with Crippen LogP contribution in [0.1, 0.15) is 44.0 Å². The first-order valence-corrected chi connectivity index (χ1v) is 13.1. The van der Waals surface area contributed by atoms with Gasteiger partial charge in [0.2, 0.25) is 5.56 Å². The van der Waals surface area contributed by atoms with Crippen molar-refractivity contribution in [3.05, 3.63) is 64.4 Å². The molecule has 0 bridgehead atoms. The Labute approximate surface area is 211 Å². The molecule has 0 saturated carbocycles. The second-order valence-corrected chi connectivity index (χ2v) is 11.8. The second kappa shape index (κ2) is 11.3. The van der Waals surface area contributed by atoms with Gasteiger partial charge in [-0.1, -0.05) is 26.8 Å². The van der Waals surface area contributed by atoms with Crippen LogP contribution < -0.4 is 15.2 Å². The van der Waals surface area contributed by atoms with E-state index in [0.717, 1.165) is 84.7 Å². The number of aromatic nitrogens is 1. The third-order valence-corrected chi connectivity index (χ3v) is 7.31. The average Bonchev–Trinajstić information content (AvgIpc) is 2.83. The minimum atomic E-state index is -0.103. The lowest BCUT2D eigenvalue weighted by molar-refractivity contribution is 0.112. The standard InChI is InChI=1S/C28H35N3O3S/c1-28(2,3)35-26-8-6-7-25(23(26)20-32)31-16-14-30(15-17-31)13-4-5-18-34-22-11-9-21-10-12-27(33)29-24(21)19-22/h6-12,19-20H,4-5,13-18H2,1-3H3,(H,29,33). The zero-order valence-electron chi connectivity index (χ0n) is 20.9. The molecule has 0 spiro atoms. The second-order valence-electron chi connectivity index (χ2n) is 9.98. The monoisotopic (exact) mass is 493 g/mol. The molecule has 1 aliphatic heterocycles. The third-order valence-electron chi connectivity index (χ3n) is 6.12. The number of fused-ring (bicyclic) bond motifs is 1. The van der Waals surface area contributed by atoms with Gasteiger partial charge in [0.15, 0.2) is 6.29 Å². The minimum Gasteiger partial charge on any atom is -0.494 e. The maximum atomic E-state index is 11.9. The smallest absolute Gasteiger partial charge is 0.248 e. The number of thioether (sulfide) groups is 1. The fourth-order valence-corrected chi connectivity index (χ4v) is 5.47. The van der Waals surface area contributed by atoms with Crippen LogP contribution in [0.5, 0.6) is 5.75 Å². The molecular formula is C28H35N3O3S. The maximum Gasteiger partial charge on any atom is 0.248 e. The lowest BCUT2D eigenvalue weighted by Crippen LogP contribution is -2.47. The Morgan fingerprint density at radius 3 is 2.54 bits per heavy atom. The van der Waals surface area contributed by atoms with E-state index in [-0.39, 0.29) is 10.3 Å². The molecule has 0 radical (unpaired) electrons. The molecule has 1 saturated heterocycles. The summed E-state index contributed by atoms with van der Waals surface area (Å²) in [6.07, 6.45) is 3.07. The molecule has 2 aromatic carbocycles. The number of rotatable bonds is 9. The molecule has 0 atom stereocenters. The first-order valence-electron chi connectivity index (χ1n) is 12.3. The summed E-state index contributed by atoms with van der Waals surface area (Å²) in [4.78, 5) is 32.2. The number of hydrogen-bond acceptors (Lipinski definition) is 6. The Balaban J connectivity index is 1.22. The van der Waals surface area contributed by atoms with Gasteiger partial charge in [0.05, 0.1) is 17.7 Å². The number of pyridine rings is 1. The Morgan fingerprint density at radius 1 is 1.03 bits per heavy atom. The number of carbonyl (C=O) groups excluding carboxylic acids is 1.